The van der Waals surface area contributed by atoms with E-state index in [9.17, 15) is 14.0 Å². The summed E-state index contributed by atoms with van der Waals surface area (Å²) in [4.78, 5) is 30.2. The zero-order chi connectivity index (χ0) is 28.1. The van der Waals surface area contributed by atoms with Crippen LogP contribution in [0.2, 0.25) is 0 Å². The topological polar surface area (TPSA) is 59.1 Å². The van der Waals surface area contributed by atoms with Gasteiger partial charge in [0.1, 0.15) is 18.0 Å². The van der Waals surface area contributed by atoms with Crippen LogP contribution in [0.4, 0.5) is 15.8 Å². The van der Waals surface area contributed by atoms with Crippen molar-refractivity contribution in [3.8, 4) is 11.5 Å². The highest BCUT2D eigenvalue weighted by molar-refractivity contribution is 7.81. The van der Waals surface area contributed by atoms with Crippen LogP contribution in [-0.4, -0.2) is 23.5 Å². The molecule has 4 aromatic rings. The molecule has 1 fully saturated rings. The van der Waals surface area contributed by atoms with Crippen LogP contribution in [-0.2, 0) is 16.2 Å². The van der Waals surface area contributed by atoms with Gasteiger partial charge in [0.05, 0.1) is 18.0 Å². The third-order valence-electron chi connectivity index (χ3n) is 6.14. The quantitative estimate of drug-likeness (QED) is 0.141. The molecule has 6 nitrogen and oxygen atoms in total. The highest BCUT2D eigenvalue weighted by Crippen LogP contribution is 2.33. The first-order valence-corrected chi connectivity index (χ1v) is 13.1. The van der Waals surface area contributed by atoms with Crippen molar-refractivity contribution in [2.45, 2.75) is 13.5 Å². The van der Waals surface area contributed by atoms with Gasteiger partial charge in [-0.1, -0.05) is 54.6 Å². The van der Waals surface area contributed by atoms with Gasteiger partial charge in [-0.05, 0) is 84.9 Å². The molecule has 4 aromatic carbocycles. The predicted octanol–water partition coefficient (Wildman–Crippen LogP) is 6.55. The van der Waals surface area contributed by atoms with Gasteiger partial charge >= 0.3 is 0 Å². The van der Waals surface area contributed by atoms with Crippen molar-refractivity contribution in [1.29, 1.82) is 0 Å². The molecule has 0 spiro atoms. The van der Waals surface area contributed by atoms with Crippen molar-refractivity contribution < 1.29 is 23.5 Å². The summed E-state index contributed by atoms with van der Waals surface area (Å²) in [5.41, 5.74) is 2.27. The number of halogens is 1. The van der Waals surface area contributed by atoms with Crippen molar-refractivity contribution in [1.82, 2.24) is 0 Å². The molecule has 0 aromatic heterocycles. The summed E-state index contributed by atoms with van der Waals surface area (Å²) in [5.74, 6) is -0.522. The van der Waals surface area contributed by atoms with Crippen LogP contribution >= 0.6 is 12.2 Å². The van der Waals surface area contributed by atoms with E-state index in [4.69, 9.17) is 21.7 Å². The molecule has 0 N–H and O–H groups in total. The Morgan fingerprint density at radius 1 is 0.750 bits per heavy atom. The van der Waals surface area contributed by atoms with Crippen LogP contribution in [0, 0.1) is 5.82 Å². The number of carbonyl (C=O) groups is 2. The Labute approximate surface area is 236 Å². The van der Waals surface area contributed by atoms with Crippen molar-refractivity contribution in [2.24, 2.45) is 0 Å². The molecule has 0 saturated carbocycles. The Bertz CT molecular complexity index is 1530. The number of thiocarbonyl (C=S) groups is 1. The number of hydrogen-bond acceptors (Lipinski definition) is 5. The van der Waals surface area contributed by atoms with Gasteiger partial charge in [0, 0.05) is 0 Å². The van der Waals surface area contributed by atoms with Gasteiger partial charge in [0.15, 0.2) is 16.6 Å². The number of ether oxygens (including phenoxy) is 2. The summed E-state index contributed by atoms with van der Waals surface area (Å²) < 4.78 is 25.3. The Morgan fingerprint density at radius 2 is 1.38 bits per heavy atom. The van der Waals surface area contributed by atoms with E-state index in [0.717, 1.165) is 0 Å². The number of hydrogen-bond donors (Lipinski definition) is 0. The Balaban J connectivity index is 1.52. The van der Waals surface area contributed by atoms with Gasteiger partial charge in [0.2, 0.25) is 0 Å². The molecule has 40 heavy (non-hydrogen) atoms. The summed E-state index contributed by atoms with van der Waals surface area (Å²) >= 11 is 5.66. The minimum absolute atomic E-state index is 0.0582. The molecule has 0 unspecified atom stereocenters. The zero-order valence-corrected chi connectivity index (χ0v) is 22.4. The van der Waals surface area contributed by atoms with E-state index in [1.807, 2.05) is 19.1 Å². The second-order valence-corrected chi connectivity index (χ2v) is 9.22. The van der Waals surface area contributed by atoms with Gasteiger partial charge in [0.25, 0.3) is 11.8 Å². The molecule has 1 saturated heterocycles. The molecule has 0 radical (unpaired) electrons. The monoisotopic (exact) mass is 552 g/mol. The molecule has 200 valence electrons. The molecule has 8 heteroatoms. The normalized spacial score (nSPS) is 13.4. The van der Waals surface area contributed by atoms with Gasteiger partial charge in [-0.25, -0.2) is 4.39 Å². The van der Waals surface area contributed by atoms with Crippen LogP contribution < -0.4 is 19.3 Å². The zero-order valence-electron chi connectivity index (χ0n) is 21.6. The maximum atomic E-state index is 13.7. The number of nitrogens with zero attached hydrogens (tertiary/aromatic N) is 2. The Morgan fingerprint density at radius 3 is 1.95 bits per heavy atom. The lowest BCUT2D eigenvalue weighted by atomic mass is 10.0. The number of rotatable bonds is 8. The largest absolute Gasteiger partial charge is 0.490 e. The predicted molar refractivity (Wildman–Crippen MR) is 157 cm³/mol. The molecular weight excluding hydrogens is 527 g/mol. The smallest absolute Gasteiger partial charge is 0.270 e. The maximum Gasteiger partial charge on any atom is 0.270 e. The third-order valence-corrected chi connectivity index (χ3v) is 6.51. The Hall–Kier alpha value is -4.82. The van der Waals surface area contributed by atoms with E-state index in [0.29, 0.717) is 40.6 Å². The fraction of sp³-hybridized carbons (Fsp3) is 0.0938. The number of amides is 2. The number of para-hydroxylation sites is 2. The maximum absolute atomic E-state index is 13.7. The van der Waals surface area contributed by atoms with E-state index in [2.05, 4.69) is 0 Å². The number of anilines is 2. The first-order valence-electron chi connectivity index (χ1n) is 12.6. The highest BCUT2D eigenvalue weighted by Gasteiger charge is 2.41. The number of carbonyl (C=O) groups excluding carboxylic acids is 2. The van der Waals surface area contributed by atoms with Gasteiger partial charge in [-0.2, -0.15) is 0 Å². The third kappa shape index (κ3) is 5.62. The van der Waals surface area contributed by atoms with Gasteiger partial charge < -0.3 is 9.47 Å². The minimum atomic E-state index is -0.530. The van der Waals surface area contributed by atoms with Crippen LogP contribution in [0.1, 0.15) is 18.1 Å². The molecule has 2 amide bonds. The fourth-order valence-electron chi connectivity index (χ4n) is 4.30. The Kier molecular flexibility index (Phi) is 7.98. The molecule has 1 heterocycles. The molecule has 0 aliphatic carbocycles. The van der Waals surface area contributed by atoms with E-state index >= 15 is 0 Å². The van der Waals surface area contributed by atoms with Crippen LogP contribution in [0.5, 0.6) is 11.5 Å². The van der Waals surface area contributed by atoms with E-state index < -0.39 is 11.8 Å². The summed E-state index contributed by atoms with van der Waals surface area (Å²) in [6, 6.07) is 29.2. The molecular formula is C32H25FN2O4S. The summed E-state index contributed by atoms with van der Waals surface area (Å²) in [6.45, 7) is 2.35. The molecule has 1 aliphatic rings. The average Bonchev–Trinajstić information content (AvgIpc) is 2.96. The molecule has 0 atom stereocenters. The number of benzene rings is 4. The van der Waals surface area contributed by atoms with Crippen LogP contribution in [0.3, 0.4) is 0 Å². The van der Waals surface area contributed by atoms with Crippen LogP contribution in [0.25, 0.3) is 6.08 Å². The van der Waals surface area contributed by atoms with E-state index in [1.165, 1.54) is 28.0 Å². The van der Waals surface area contributed by atoms with E-state index in [1.54, 1.807) is 78.9 Å². The minimum Gasteiger partial charge on any atom is -0.490 e. The van der Waals surface area contributed by atoms with Crippen molar-refractivity contribution in [3.05, 3.63) is 126 Å². The lowest BCUT2D eigenvalue weighted by Gasteiger charge is -2.36. The standard InChI is InChI=1S/C32H25FN2O4S/c1-2-38-29-20-22(16-17-28(29)39-21-23-10-9-11-24(33)18-23)19-27-30(36)34(25-12-5-3-6-13-25)32(40)35(31(27)37)26-14-7-4-8-15-26/h3-20H,2,21H2,1H3. The van der Waals surface area contributed by atoms with Crippen LogP contribution in [0.15, 0.2) is 109 Å². The first-order chi connectivity index (χ1) is 19.5. The van der Waals surface area contributed by atoms with Crippen molar-refractivity contribution >= 4 is 46.6 Å². The highest BCUT2D eigenvalue weighted by atomic mass is 32.1. The second-order valence-electron chi connectivity index (χ2n) is 8.85. The summed E-state index contributed by atoms with van der Waals surface area (Å²) in [6.07, 6.45) is 1.52. The first kappa shape index (κ1) is 26.8. The average molecular weight is 553 g/mol. The van der Waals surface area contributed by atoms with Gasteiger partial charge in [-0.3, -0.25) is 19.4 Å². The van der Waals surface area contributed by atoms with Gasteiger partial charge in [-0.15, -0.1) is 0 Å². The lowest BCUT2D eigenvalue weighted by Crippen LogP contribution is -2.56. The molecule has 1 aliphatic heterocycles. The van der Waals surface area contributed by atoms with Crippen molar-refractivity contribution in [3.63, 3.8) is 0 Å². The van der Waals surface area contributed by atoms with E-state index in [-0.39, 0.29) is 23.1 Å². The van der Waals surface area contributed by atoms with Crippen molar-refractivity contribution in [2.75, 3.05) is 16.4 Å². The lowest BCUT2D eigenvalue weighted by molar-refractivity contribution is -0.120. The molecule has 0 bridgehead atoms. The molecule has 5 rings (SSSR count). The fourth-order valence-corrected chi connectivity index (χ4v) is 4.67. The SMILES string of the molecule is CCOc1cc(C=C2C(=O)N(c3ccccc3)C(=S)N(c3ccccc3)C2=O)ccc1OCc1cccc(F)c1. The summed E-state index contributed by atoms with van der Waals surface area (Å²) in [5, 5.41) is 0.0700. The summed E-state index contributed by atoms with van der Waals surface area (Å²) in [7, 11) is 0. The second kappa shape index (κ2) is 11.9.